The third-order valence-electron chi connectivity index (χ3n) is 3.97. The number of fused-ring (bicyclic) bond motifs is 1. The van der Waals surface area contributed by atoms with Crippen LogP contribution < -0.4 is 5.32 Å². The topological polar surface area (TPSA) is 46.4 Å². The van der Waals surface area contributed by atoms with Crippen molar-refractivity contribution >= 4 is 22.2 Å². The molecule has 0 aliphatic rings. The molecule has 2 heterocycles. The summed E-state index contributed by atoms with van der Waals surface area (Å²) in [5, 5.41) is 2.97. The molecule has 0 atom stereocenters. The summed E-state index contributed by atoms with van der Waals surface area (Å²) in [5.74, 6) is -0.305. The van der Waals surface area contributed by atoms with Crippen LogP contribution >= 0.6 is 11.3 Å². The summed E-state index contributed by atoms with van der Waals surface area (Å²) in [7, 11) is 0. The summed E-state index contributed by atoms with van der Waals surface area (Å²) in [6, 6.07) is 6.26. The number of hydrogen-bond acceptors (Lipinski definition) is 3. The molecule has 1 aromatic carbocycles. The second-order valence-corrected chi connectivity index (χ2v) is 6.74. The van der Waals surface area contributed by atoms with E-state index in [1.807, 2.05) is 17.5 Å². The van der Waals surface area contributed by atoms with Crippen molar-refractivity contribution in [3.63, 3.8) is 0 Å². The van der Waals surface area contributed by atoms with Crippen LogP contribution in [0.4, 0.5) is 4.39 Å². The zero-order valence-electron chi connectivity index (χ0n) is 13.8. The number of thiazole rings is 1. The van der Waals surface area contributed by atoms with Crippen LogP contribution in [-0.2, 0) is 0 Å². The van der Waals surface area contributed by atoms with Gasteiger partial charge in [-0.3, -0.25) is 9.20 Å². The van der Waals surface area contributed by atoms with Gasteiger partial charge in [0.15, 0.2) is 4.96 Å². The maximum atomic E-state index is 13.0. The molecule has 126 valence electrons. The molecule has 0 aliphatic carbocycles. The monoisotopic (exact) mass is 345 g/mol. The molecule has 0 radical (unpaired) electrons. The number of carbonyl (C=O) groups excluding carboxylic acids is 1. The van der Waals surface area contributed by atoms with Gasteiger partial charge in [-0.15, -0.1) is 0 Å². The van der Waals surface area contributed by atoms with Crippen LogP contribution in [0.25, 0.3) is 16.2 Å². The Bertz CT molecular complexity index is 851. The van der Waals surface area contributed by atoms with Crippen molar-refractivity contribution in [3.05, 3.63) is 46.9 Å². The second-order valence-electron chi connectivity index (χ2n) is 5.77. The molecule has 3 aromatic rings. The van der Waals surface area contributed by atoms with Gasteiger partial charge in [-0.25, -0.2) is 9.37 Å². The Balaban J connectivity index is 1.80. The van der Waals surface area contributed by atoms with Crippen LogP contribution in [0, 0.1) is 12.7 Å². The number of nitrogens with one attached hydrogen (secondary N) is 1. The number of aryl methyl sites for hydroxylation is 1. The fourth-order valence-corrected chi connectivity index (χ4v) is 3.60. The predicted octanol–water partition coefficient (Wildman–Crippen LogP) is 4.43. The van der Waals surface area contributed by atoms with Crippen molar-refractivity contribution in [2.75, 3.05) is 6.54 Å². The number of benzene rings is 1. The van der Waals surface area contributed by atoms with Crippen molar-refractivity contribution in [2.45, 2.75) is 33.1 Å². The second kappa shape index (κ2) is 7.13. The van der Waals surface area contributed by atoms with Gasteiger partial charge in [-0.2, -0.15) is 0 Å². The van der Waals surface area contributed by atoms with Gasteiger partial charge in [0.05, 0.1) is 5.69 Å². The molecule has 4 nitrogen and oxygen atoms in total. The molecule has 0 spiro atoms. The van der Waals surface area contributed by atoms with Crippen molar-refractivity contribution in [2.24, 2.45) is 0 Å². The lowest BCUT2D eigenvalue weighted by molar-refractivity contribution is 0.0956. The summed E-state index contributed by atoms with van der Waals surface area (Å²) in [6.45, 7) is 4.76. The van der Waals surface area contributed by atoms with Crippen molar-refractivity contribution in [3.8, 4) is 11.3 Å². The number of hydrogen-bond donors (Lipinski definition) is 1. The van der Waals surface area contributed by atoms with E-state index < -0.39 is 0 Å². The van der Waals surface area contributed by atoms with Gasteiger partial charge in [0, 0.05) is 24.0 Å². The Labute approximate surface area is 144 Å². The van der Waals surface area contributed by atoms with E-state index in [-0.39, 0.29) is 11.7 Å². The quantitative estimate of drug-likeness (QED) is 0.672. The first kappa shape index (κ1) is 16.6. The number of nitrogens with zero attached hydrogens (tertiary/aromatic N) is 2. The Morgan fingerprint density at radius 1 is 1.29 bits per heavy atom. The number of amides is 1. The van der Waals surface area contributed by atoms with Gasteiger partial charge in [-0.1, -0.05) is 31.1 Å². The van der Waals surface area contributed by atoms with Crippen molar-refractivity contribution < 1.29 is 9.18 Å². The van der Waals surface area contributed by atoms with E-state index >= 15 is 0 Å². The molecular formula is C18H20FN3OS. The Kier molecular flexibility index (Phi) is 4.94. The predicted molar refractivity (Wildman–Crippen MR) is 95.1 cm³/mol. The first-order valence-electron chi connectivity index (χ1n) is 8.12. The molecule has 6 heteroatoms. The standard InChI is InChI=1S/C18H20FN3OS/c1-3-4-5-10-20-17(23)16-12(2)22-11-15(21-18(22)24-16)13-6-8-14(19)9-7-13/h6-9,11H,3-5,10H2,1-2H3,(H,20,23). The van der Waals surface area contributed by atoms with Crippen molar-refractivity contribution in [1.29, 1.82) is 0 Å². The van der Waals surface area contributed by atoms with E-state index in [2.05, 4.69) is 17.2 Å². The number of imidazole rings is 1. The van der Waals surface area contributed by atoms with Crippen LogP contribution in [-0.4, -0.2) is 21.8 Å². The number of halogens is 1. The minimum atomic E-state index is -0.266. The van der Waals surface area contributed by atoms with E-state index in [9.17, 15) is 9.18 Å². The minimum Gasteiger partial charge on any atom is -0.351 e. The van der Waals surface area contributed by atoms with Gasteiger partial charge in [-0.05, 0) is 37.6 Å². The summed E-state index contributed by atoms with van der Waals surface area (Å²) in [4.78, 5) is 18.3. The summed E-state index contributed by atoms with van der Waals surface area (Å²) in [5.41, 5.74) is 2.51. The molecule has 2 aromatic heterocycles. The van der Waals surface area contributed by atoms with Gasteiger partial charge >= 0.3 is 0 Å². The van der Waals surface area contributed by atoms with E-state index in [4.69, 9.17) is 0 Å². The van der Waals surface area contributed by atoms with Crippen molar-refractivity contribution in [1.82, 2.24) is 14.7 Å². The van der Waals surface area contributed by atoms with Crippen LogP contribution in [0.5, 0.6) is 0 Å². The average Bonchev–Trinajstić information content (AvgIpc) is 3.12. The lowest BCUT2D eigenvalue weighted by Crippen LogP contribution is -2.24. The SMILES string of the molecule is CCCCCNC(=O)c1sc2nc(-c3ccc(F)cc3)cn2c1C. The fourth-order valence-electron chi connectivity index (χ4n) is 2.58. The van der Waals surface area contributed by atoms with Crippen LogP contribution in [0.3, 0.4) is 0 Å². The van der Waals surface area contributed by atoms with Gasteiger partial charge in [0.1, 0.15) is 10.7 Å². The van der Waals surface area contributed by atoms with E-state index in [1.54, 1.807) is 12.1 Å². The number of carbonyl (C=O) groups is 1. The lowest BCUT2D eigenvalue weighted by atomic mass is 10.2. The fraction of sp³-hybridized carbons (Fsp3) is 0.333. The first-order valence-corrected chi connectivity index (χ1v) is 8.94. The highest BCUT2D eigenvalue weighted by Gasteiger charge is 2.17. The third-order valence-corrected chi connectivity index (χ3v) is 5.12. The smallest absolute Gasteiger partial charge is 0.263 e. The molecule has 1 amide bonds. The molecule has 0 saturated heterocycles. The van der Waals surface area contributed by atoms with Gasteiger partial charge in [0.2, 0.25) is 0 Å². The highest BCUT2D eigenvalue weighted by molar-refractivity contribution is 7.19. The molecule has 3 rings (SSSR count). The average molecular weight is 345 g/mol. The highest BCUT2D eigenvalue weighted by Crippen LogP contribution is 2.27. The summed E-state index contributed by atoms with van der Waals surface area (Å²) < 4.78 is 15.0. The lowest BCUT2D eigenvalue weighted by Gasteiger charge is -2.03. The van der Waals surface area contributed by atoms with Gasteiger partial charge < -0.3 is 5.32 Å². The van der Waals surface area contributed by atoms with Crippen LogP contribution in [0.15, 0.2) is 30.5 Å². The number of rotatable bonds is 6. The summed E-state index contributed by atoms with van der Waals surface area (Å²) >= 11 is 1.38. The van der Waals surface area contributed by atoms with E-state index in [0.717, 1.165) is 41.2 Å². The number of unbranched alkanes of at least 4 members (excludes halogenated alkanes) is 2. The zero-order valence-corrected chi connectivity index (χ0v) is 14.6. The van der Waals surface area contributed by atoms with Gasteiger partial charge in [0.25, 0.3) is 5.91 Å². The molecule has 0 fully saturated rings. The normalized spacial score (nSPS) is 11.1. The van der Waals surface area contributed by atoms with E-state index in [1.165, 1.54) is 23.5 Å². The summed E-state index contributed by atoms with van der Waals surface area (Å²) in [6.07, 6.45) is 5.14. The first-order chi connectivity index (χ1) is 11.6. The molecule has 0 saturated carbocycles. The number of aromatic nitrogens is 2. The van der Waals surface area contributed by atoms with Crippen LogP contribution in [0.2, 0.25) is 0 Å². The maximum Gasteiger partial charge on any atom is 0.263 e. The molecular weight excluding hydrogens is 325 g/mol. The maximum absolute atomic E-state index is 13.0. The zero-order chi connectivity index (χ0) is 17.1. The Hall–Kier alpha value is -2.21. The molecule has 24 heavy (non-hydrogen) atoms. The van der Waals surface area contributed by atoms with E-state index in [0.29, 0.717) is 11.4 Å². The Morgan fingerprint density at radius 3 is 2.71 bits per heavy atom. The largest absolute Gasteiger partial charge is 0.351 e. The molecule has 0 unspecified atom stereocenters. The third kappa shape index (κ3) is 3.33. The minimum absolute atomic E-state index is 0.0394. The highest BCUT2D eigenvalue weighted by atomic mass is 32.1. The molecule has 1 N–H and O–H groups in total. The Morgan fingerprint density at radius 2 is 2.04 bits per heavy atom. The molecule has 0 aliphatic heterocycles. The van der Waals surface area contributed by atoms with Crippen LogP contribution in [0.1, 0.15) is 41.6 Å². The molecule has 0 bridgehead atoms.